The van der Waals surface area contributed by atoms with Crippen molar-refractivity contribution in [2.45, 2.75) is 38.7 Å². The Bertz CT molecular complexity index is 202. The number of ether oxygens (including phenoxy) is 1. The van der Waals surface area contributed by atoms with E-state index < -0.39 is 5.97 Å². The molecule has 0 aromatic carbocycles. The number of aliphatic carboxylic acids is 1. The maximum Gasteiger partial charge on any atom is 0.331 e. The van der Waals surface area contributed by atoms with E-state index in [-0.39, 0.29) is 6.10 Å². The zero-order valence-electron chi connectivity index (χ0n) is 7.95. The lowest BCUT2D eigenvalue weighted by molar-refractivity contribution is -0.132. The van der Waals surface area contributed by atoms with Crippen LogP contribution in [0.1, 0.15) is 32.6 Å². The third-order valence-corrected chi connectivity index (χ3v) is 2.26. The van der Waals surface area contributed by atoms with Crippen LogP contribution >= 0.6 is 0 Å². The van der Waals surface area contributed by atoms with Gasteiger partial charge >= 0.3 is 5.97 Å². The summed E-state index contributed by atoms with van der Waals surface area (Å²) >= 11 is 0. The lowest BCUT2D eigenvalue weighted by Crippen LogP contribution is -2.18. The first kappa shape index (κ1) is 10.3. The van der Waals surface area contributed by atoms with Gasteiger partial charge in [0, 0.05) is 12.2 Å². The molecule has 1 fully saturated rings. The van der Waals surface area contributed by atoms with E-state index in [1.807, 2.05) is 6.92 Å². The van der Waals surface area contributed by atoms with Crippen LogP contribution in [0.5, 0.6) is 0 Å². The average Bonchev–Trinajstić information content (AvgIpc) is 2.15. The molecular weight excluding hydrogens is 168 g/mol. The van der Waals surface area contributed by atoms with Gasteiger partial charge in [0.15, 0.2) is 0 Å². The largest absolute Gasteiger partial charge is 0.478 e. The maximum absolute atomic E-state index is 10.7. The van der Waals surface area contributed by atoms with Crippen molar-refractivity contribution < 1.29 is 14.6 Å². The predicted molar refractivity (Wildman–Crippen MR) is 49.6 cm³/mol. The second-order valence-electron chi connectivity index (χ2n) is 3.26. The molecule has 0 aromatic rings. The number of carbonyl (C=O) groups is 1. The molecule has 1 unspecified atom stereocenters. The third kappa shape index (κ3) is 3.19. The lowest BCUT2D eigenvalue weighted by atomic mass is 10.1. The van der Waals surface area contributed by atoms with Gasteiger partial charge in [0.25, 0.3) is 0 Å². The van der Waals surface area contributed by atoms with E-state index in [4.69, 9.17) is 9.84 Å². The van der Waals surface area contributed by atoms with Crippen LogP contribution in [0, 0.1) is 0 Å². The summed E-state index contributed by atoms with van der Waals surface area (Å²) in [7, 11) is 0. The molecule has 1 N–H and O–H groups in total. The zero-order chi connectivity index (χ0) is 9.68. The summed E-state index contributed by atoms with van der Waals surface area (Å²) in [6.07, 6.45) is 5.53. The molecule has 3 nitrogen and oxygen atoms in total. The Morgan fingerprint density at radius 3 is 2.85 bits per heavy atom. The summed E-state index contributed by atoms with van der Waals surface area (Å²) in [4.78, 5) is 10.7. The molecule has 3 heteroatoms. The molecular formula is C10H16O3. The highest BCUT2D eigenvalue weighted by molar-refractivity contribution is 5.86. The summed E-state index contributed by atoms with van der Waals surface area (Å²) in [5.74, 6) is -0.823. The molecule has 0 radical (unpaired) electrons. The van der Waals surface area contributed by atoms with Gasteiger partial charge in [-0.2, -0.15) is 0 Å². The highest BCUT2D eigenvalue weighted by Gasteiger charge is 2.14. The van der Waals surface area contributed by atoms with E-state index in [0.29, 0.717) is 12.0 Å². The fourth-order valence-electron chi connectivity index (χ4n) is 1.46. The molecule has 0 saturated carbocycles. The second kappa shape index (κ2) is 5.02. The van der Waals surface area contributed by atoms with Crippen molar-refractivity contribution in [2.75, 3.05) is 6.61 Å². The first-order valence-corrected chi connectivity index (χ1v) is 4.79. The number of carboxylic acid groups (broad SMARTS) is 1. The Kier molecular flexibility index (Phi) is 3.96. The van der Waals surface area contributed by atoms with Crippen LogP contribution in [0.4, 0.5) is 0 Å². The van der Waals surface area contributed by atoms with Crippen molar-refractivity contribution in [3.63, 3.8) is 0 Å². The van der Waals surface area contributed by atoms with E-state index in [2.05, 4.69) is 0 Å². The summed E-state index contributed by atoms with van der Waals surface area (Å²) in [5.41, 5.74) is 0.465. The monoisotopic (exact) mass is 184 g/mol. The van der Waals surface area contributed by atoms with Crippen molar-refractivity contribution >= 4 is 5.97 Å². The molecule has 0 aliphatic carbocycles. The van der Waals surface area contributed by atoms with Crippen LogP contribution in [0.2, 0.25) is 0 Å². The number of rotatable bonds is 3. The number of hydrogen-bond acceptors (Lipinski definition) is 2. The molecule has 74 valence electrons. The summed E-state index contributed by atoms with van der Waals surface area (Å²) < 4.78 is 5.42. The lowest BCUT2D eigenvalue weighted by Gasteiger charge is -2.19. The number of carboxylic acids is 1. The van der Waals surface area contributed by atoms with Gasteiger partial charge in [0.1, 0.15) is 0 Å². The minimum Gasteiger partial charge on any atom is -0.478 e. The van der Waals surface area contributed by atoms with Crippen molar-refractivity contribution in [3.8, 4) is 0 Å². The molecule has 1 atom stereocenters. The Labute approximate surface area is 78.4 Å². The zero-order valence-corrected chi connectivity index (χ0v) is 7.95. The Balaban J connectivity index is 2.54. The van der Waals surface area contributed by atoms with Gasteiger partial charge in [-0.1, -0.05) is 6.92 Å². The van der Waals surface area contributed by atoms with Crippen LogP contribution < -0.4 is 0 Å². The van der Waals surface area contributed by atoms with Crippen molar-refractivity contribution in [1.82, 2.24) is 0 Å². The standard InChI is InChI=1S/C10H16O3/c1-2-8(10(11)12)7-9-5-3-4-6-13-9/h7,9H,2-6H2,1H3,(H,11,12). The first-order valence-electron chi connectivity index (χ1n) is 4.79. The Morgan fingerprint density at radius 2 is 2.38 bits per heavy atom. The SMILES string of the molecule is CCC(=CC1CCCCO1)C(=O)O. The van der Waals surface area contributed by atoms with Crippen LogP contribution in [0.15, 0.2) is 11.6 Å². The van der Waals surface area contributed by atoms with Gasteiger partial charge < -0.3 is 9.84 Å². The van der Waals surface area contributed by atoms with E-state index in [0.717, 1.165) is 25.9 Å². The van der Waals surface area contributed by atoms with E-state index >= 15 is 0 Å². The van der Waals surface area contributed by atoms with Crippen LogP contribution in [-0.2, 0) is 9.53 Å². The molecule has 13 heavy (non-hydrogen) atoms. The molecule has 1 saturated heterocycles. The van der Waals surface area contributed by atoms with Gasteiger partial charge in [-0.25, -0.2) is 4.79 Å². The smallest absolute Gasteiger partial charge is 0.331 e. The van der Waals surface area contributed by atoms with Gasteiger partial charge in [-0.15, -0.1) is 0 Å². The van der Waals surface area contributed by atoms with Gasteiger partial charge in [0.2, 0.25) is 0 Å². The molecule has 0 aromatic heterocycles. The van der Waals surface area contributed by atoms with E-state index in [9.17, 15) is 4.79 Å². The minimum atomic E-state index is -0.823. The second-order valence-corrected chi connectivity index (χ2v) is 3.26. The topological polar surface area (TPSA) is 46.5 Å². The fraction of sp³-hybridized carbons (Fsp3) is 0.700. The third-order valence-electron chi connectivity index (χ3n) is 2.26. The summed E-state index contributed by atoms with van der Waals surface area (Å²) in [5, 5.41) is 8.78. The maximum atomic E-state index is 10.7. The molecule has 1 aliphatic rings. The van der Waals surface area contributed by atoms with Gasteiger partial charge in [0.05, 0.1) is 6.10 Å². The van der Waals surface area contributed by atoms with Crippen LogP contribution in [-0.4, -0.2) is 23.8 Å². The van der Waals surface area contributed by atoms with Crippen LogP contribution in [0.3, 0.4) is 0 Å². The highest BCUT2D eigenvalue weighted by atomic mass is 16.5. The Morgan fingerprint density at radius 1 is 1.62 bits per heavy atom. The normalized spacial score (nSPS) is 24.4. The molecule has 0 bridgehead atoms. The van der Waals surface area contributed by atoms with Gasteiger partial charge in [-0.3, -0.25) is 0 Å². The molecule has 1 aliphatic heterocycles. The quantitative estimate of drug-likeness (QED) is 0.682. The highest BCUT2D eigenvalue weighted by Crippen LogP contribution is 2.16. The average molecular weight is 184 g/mol. The van der Waals surface area contributed by atoms with Crippen molar-refractivity contribution in [2.24, 2.45) is 0 Å². The summed E-state index contributed by atoms with van der Waals surface area (Å²) in [6.45, 7) is 2.61. The van der Waals surface area contributed by atoms with E-state index in [1.54, 1.807) is 6.08 Å². The first-order chi connectivity index (χ1) is 6.24. The van der Waals surface area contributed by atoms with Crippen LogP contribution in [0.25, 0.3) is 0 Å². The number of hydrogen-bond donors (Lipinski definition) is 1. The molecule has 0 spiro atoms. The predicted octanol–water partition coefficient (Wildman–Crippen LogP) is 1.98. The van der Waals surface area contributed by atoms with Crippen molar-refractivity contribution in [3.05, 3.63) is 11.6 Å². The Hall–Kier alpha value is -0.830. The fourth-order valence-corrected chi connectivity index (χ4v) is 1.46. The van der Waals surface area contributed by atoms with Crippen molar-refractivity contribution in [1.29, 1.82) is 0 Å². The molecule has 0 amide bonds. The van der Waals surface area contributed by atoms with E-state index in [1.165, 1.54) is 0 Å². The molecule has 1 heterocycles. The molecule has 1 rings (SSSR count). The van der Waals surface area contributed by atoms with Gasteiger partial charge in [-0.05, 0) is 31.8 Å². The summed E-state index contributed by atoms with van der Waals surface area (Å²) in [6, 6.07) is 0. The minimum absolute atomic E-state index is 0.0276.